The topological polar surface area (TPSA) is 96.4 Å². The normalized spacial score (nSPS) is 15.9. The molecular weight excluding hydrogens is 430 g/mol. The van der Waals surface area contributed by atoms with Crippen molar-refractivity contribution in [1.82, 2.24) is 14.0 Å². The van der Waals surface area contributed by atoms with E-state index in [-0.39, 0.29) is 15.6 Å². The Bertz CT molecular complexity index is 1260. The number of nitrogens with one attached hydrogen (secondary N) is 1. The summed E-state index contributed by atoms with van der Waals surface area (Å²) in [6, 6.07) is 10.1. The highest BCUT2D eigenvalue weighted by molar-refractivity contribution is 7.91. The second-order valence-corrected chi connectivity index (χ2v) is 12.1. The van der Waals surface area contributed by atoms with Crippen LogP contribution in [0.4, 0.5) is 0 Å². The van der Waals surface area contributed by atoms with E-state index in [1.54, 1.807) is 24.4 Å². The quantitative estimate of drug-likeness (QED) is 0.622. The van der Waals surface area contributed by atoms with Gasteiger partial charge in [0.05, 0.1) is 5.52 Å². The third-order valence-corrected chi connectivity index (χ3v) is 9.72. The summed E-state index contributed by atoms with van der Waals surface area (Å²) >= 11 is 1.10. The predicted molar refractivity (Wildman–Crippen MR) is 113 cm³/mol. The number of rotatable bonds is 6. The van der Waals surface area contributed by atoms with E-state index >= 15 is 0 Å². The Morgan fingerprint density at radius 2 is 1.86 bits per heavy atom. The van der Waals surface area contributed by atoms with Crippen LogP contribution < -0.4 is 4.72 Å². The molecule has 1 aliphatic rings. The van der Waals surface area contributed by atoms with Gasteiger partial charge in [0, 0.05) is 36.1 Å². The number of sulfonamides is 2. The van der Waals surface area contributed by atoms with Crippen molar-refractivity contribution in [2.75, 3.05) is 13.1 Å². The summed E-state index contributed by atoms with van der Waals surface area (Å²) in [6.07, 6.45) is 3.38. The standard InChI is InChI=1S/C19H21N3O4S3/c1-14-11-15-5-4-6-17(19(15)20-12-14)28(23,24)21-13-16-7-8-18(27-16)29(25,26)22-9-2-3-10-22/h4-8,11-12,21H,2-3,9-10,13H2,1H3. The van der Waals surface area contributed by atoms with Gasteiger partial charge in [0.2, 0.25) is 10.0 Å². The number of hydrogen-bond acceptors (Lipinski definition) is 6. The van der Waals surface area contributed by atoms with Crippen LogP contribution >= 0.6 is 11.3 Å². The molecule has 0 atom stereocenters. The van der Waals surface area contributed by atoms with E-state index in [0.29, 0.717) is 23.5 Å². The summed E-state index contributed by atoms with van der Waals surface area (Å²) in [5, 5.41) is 0.753. The molecule has 10 heteroatoms. The number of pyridine rings is 1. The van der Waals surface area contributed by atoms with Crippen molar-refractivity contribution in [2.45, 2.75) is 35.4 Å². The third kappa shape index (κ3) is 4.08. The van der Waals surface area contributed by atoms with E-state index in [1.807, 2.05) is 19.1 Å². The van der Waals surface area contributed by atoms with Crippen molar-refractivity contribution in [3.8, 4) is 0 Å². The Labute approximate surface area is 174 Å². The van der Waals surface area contributed by atoms with Crippen LogP contribution in [0.1, 0.15) is 23.3 Å². The zero-order valence-electron chi connectivity index (χ0n) is 15.8. The largest absolute Gasteiger partial charge is 0.255 e. The van der Waals surface area contributed by atoms with E-state index in [1.165, 1.54) is 10.4 Å². The maximum Gasteiger partial charge on any atom is 0.252 e. The van der Waals surface area contributed by atoms with E-state index in [9.17, 15) is 16.8 Å². The molecule has 0 spiro atoms. The zero-order valence-corrected chi connectivity index (χ0v) is 18.3. The average Bonchev–Trinajstić information content (AvgIpc) is 3.38. The number of thiophene rings is 1. The second kappa shape index (κ2) is 7.77. The Balaban J connectivity index is 1.54. The van der Waals surface area contributed by atoms with Gasteiger partial charge in [0.25, 0.3) is 10.0 Å². The fourth-order valence-electron chi connectivity index (χ4n) is 3.35. The molecule has 0 bridgehead atoms. The lowest BCUT2D eigenvalue weighted by atomic mass is 10.2. The Hall–Kier alpha value is -1.85. The lowest BCUT2D eigenvalue weighted by molar-refractivity contribution is 0.479. The van der Waals surface area contributed by atoms with Gasteiger partial charge in [-0.1, -0.05) is 12.1 Å². The third-order valence-electron chi connectivity index (χ3n) is 4.83. The van der Waals surface area contributed by atoms with Crippen LogP contribution in [0.15, 0.2) is 51.7 Å². The molecule has 1 aliphatic heterocycles. The Kier molecular flexibility index (Phi) is 5.47. The molecule has 154 valence electrons. The first-order chi connectivity index (χ1) is 13.8. The smallest absolute Gasteiger partial charge is 0.252 e. The minimum Gasteiger partial charge on any atom is -0.255 e. The van der Waals surface area contributed by atoms with Crippen molar-refractivity contribution in [3.63, 3.8) is 0 Å². The average molecular weight is 452 g/mol. The van der Waals surface area contributed by atoms with Crippen molar-refractivity contribution in [2.24, 2.45) is 0 Å². The maximum atomic E-state index is 12.8. The van der Waals surface area contributed by atoms with Crippen LogP contribution in [-0.4, -0.2) is 39.2 Å². The first-order valence-corrected chi connectivity index (χ1v) is 13.0. The van der Waals surface area contributed by atoms with Crippen LogP contribution in [0.2, 0.25) is 0 Å². The Morgan fingerprint density at radius 1 is 1.10 bits per heavy atom. The van der Waals surface area contributed by atoms with Crippen molar-refractivity contribution < 1.29 is 16.8 Å². The maximum absolute atomic E-state index is 12.8. The van der Waals surface area contributed by atoms with Gasteiger partial charge in [-0.25, -0.2) is 21.6 Å². The van der Waals surface area contributed by atoms with Crippen LogP contribution in [0, 0.1) is 6.92 Å². The number of aryl methyl sites for hydroxylation is 1. The van der Waals surface area contributed by atoms with Crippen LogP contribution in [0.3, 0.4) is 0 Å². The van der Waals surface area contributed by atoms with Crippen molar-refractivity contribution in [3.05, 3.63) is 53.0 Å². The molecule has 0 unspecified atom stereocenters. The molecule has 0 amide bonds. The first-order valence-electron chi connectivity index (χ1n) is 9.21. The molecule has 3 aromatic rings. The fourth-order valence-corrected chi connectivity index (χ4v) is 7.59. The van der Waals surface area contributed by atoms with Crippen LogP contribution in [0.5, 0.6) is 0 Å². The highest BCUT2D eigenvalue weighted by Gasteiger charge is 2.28. The molecule has 0 saturated carbocycles. The van der Waals surface area contributed by atoms with Gasteiger partial charge in [0.15, 0.2) is 0 Å². The predicted octanol–water partition coefficient (Wildman–Crippen LogP) is 2.87. The van der Waals surface area contributed by atoms with E-state index in [0.717, 1.165) is 35.1 Å². The van der Waals surface area contributed by atoms with E-state index in [4.69, 9.17) is 0 Å². The van der Waals surface area contributed by atoms with Crippen molar-refractivity contribution >= 4 is 42.3 Å². The van der Waals surface area contributed by atoms with Gasteiger partial charge in [-0.3, -0.25) is 4.98 Å². The summed E-state index contributed by atoms with van der Waals surface area (Å²) in [6.45, 7) is 2.99. The summed E-state index contributed by atoms with van der Waals surface area (Å²) in [7, 11) is -7.30. The van der Waals surface area contributed by atoms with Crippen LogP contribution in [-0.2, 0) is 26.6 Å². The zero-order chi connectivity index (χ0) is 20.6. The lowest BCUT2D eigenvalue weighted by Crippen LogP contribution is -2.27. The molecule has 3 heterocycles. The first kappa shape index (κ1) is 20.4. The van der Waals surface area contributed by atoms with Gasteiger partial charge in [-0.2, -0.15) is 4.31 Å². The SMILES string of the molecule is Cc1cnc2c(S(=O)(=O)NCc3ccc(S(=O)(=O)N4CCCC4)s3)cccc2c1. The minimum atomic E-state index is -3.81. The van der Waals surface area contributed by atoms with Gasteiger partial charge in [-0.15, -0.1) is 11.3 Å². The van der Waals surface area contributed by atoms with E-state index in [2.05, 4.69) is 9.71 Å². The molecule has 1 N–H and O–H groups in total. The van der Waals surface area contributed by atoms with Gasteiger partial charge in [0.1, 0.15) is 9.10 Å². The fraction of sp³-hybridized carbons (Fsp3) is 0.316. The molecule has 1 aromatic carbocycles. The summed E-state index contributed by atoms with van der Waals surface area (Å²) < 4.78 is 55.3. The number of hydrogen-bond donors (Lipinski definition) is 1. The number of aromatic nitrogens is 1. The lowest BCUT2D eigenvalue weighted by Gasteiger charge is -2.13. The summed E-state index contributed by atoms with van der Waals surface area (Å²) in [5.74, 6) is 0. The van der Waals surface area contributed by atoms with Gasteiger partial charge >= 0.3 is 0 Å². The molecular formula is C19H21N3O4S3. The van der Waals surface area contributed by atoms with Crippen LogP contribution in [0.25, 0.3) is 10.9 Å². The van der Waals surface area contributed by atoms with Crippen molar-refractivity contribution in [1.29, 1.82) is 0 Å². The molecule has 0 radical (unpaired) electrons. The molecule has 29 heavy (non-hydrogen) atoms. The number of benzene rings is 1. The molecule has 7 nitrogen and oxygen atoms in total. The number of fused-ring (bicyclic) bond motifs is 1. The molecule has 1 saturated heterocycles. The highest BCUT2D eigenvalue weighted by atomic mass is 32.2. The summed E-state index contributed by atoms with van der Waals surface area (Å²) in [5.41, 5.74) is 1.36. The molecule has 0 aliphatic carbocycles. The minimum absolute atomic E-state index is 0.0186. The number of nitrogens with zero attached hydrogens (tertiary/aromatic N) is 2. The molecule has 2 aromatic heterocycles. The Morgan fingerprint density at radius 3 is 2.62 bits per heavy atom. The highest BCUT2D eigenvalue weighted by Crippen LogP contribution is 2.28. The second-order valence-electron chi connectivity index (χ2n) is 7.00. The summed E-state index contributed by atoms with van der Waals surface area (Å²) in [4.78, 5) is 5.02. The van der Waals surface area contributed by atoms with Gasteiger partial charge < -0.3 is 0 Å². The molecule has 4 rings (SSSR count). The van der Waals surface area contributed by atoms with Gasteiger partial charge in [-0.05, 0) is 49.6 Å². The molecule has 1 fully saturated rings. The van der Waals surface area contributed by atoms with E-state index < -0.39 is 20.0 Å². The monoisotopic (exact) mass is 451 g/mol. The number of para-hydroxylation sites is 1.